The summed E-state index contributed by atoms with van der Waals surface area (Å²) >= 11 is 0. The monoisotopic (exact) mass is 340 g/mol. The number of unbranched alkanes of at least 4 members (excludes halogenated alkanes) is 5. The first-order valence-electron chi connectivity index (χ1n) is 10.9. The highest BCUT2D eigenvalue weighted by Crippen LogP contribution is 2.36. The molecule has 1 rings (SSSR count). The fourth-order valence-corrected chi connectivity index (χ4v) is 4.40. The third kappa shape index (κ3) is 8.34. The summed E-state index contributed by atoms with van der Waals surface area (Å²) in [5.74, 6) is 0.237. The van der Waals surface area contributed by atoms with Gasteiger partial charge in [0.05, 0.1) is 0 Å². The fraction of sp³-hybridized carbons (Fsp3) is 1.00. The normalized spacial score (nSPS) is 23.4. The van der Waals surface area contributed by atoms with E-state index in [-0.39, 0.29) is 5.79 Å². The quantitative estimate of drug-likeness (QED) is 0.325. The number of hydrogen-bond donors (Lipinski definition) is 0. The van der Waals surface area contributed by atoms with E-state index in [1.165, 1.54) is 103 Å². The van der Waals surface area contributed by atoms with Gasteiger partial charge in [0.1, 0.15) is 0 Å². The van der Waals surface area contributed by atoms with Crippen molar-refractivity contribution >= 4 is 0 Å². The molecule has 24 heavy (non-hydrogen) atoms. The van der Waals surface area contributed by atoms with Gasteiger partial charge in [-0.2, -0.15) is 0 Å². The second kappa shape index (κ2) is 14.1. The van der Waals surface area contributed by atoms with Crippen molar-refractivity contribution < 1.29 is 9.47 Å². The van der Waals surface area contributed by atoms with Crippen LogP contribution >= 0.6 is 0 Å². The van der Waals surface area contributed by atoms with E-state index >= 15 is 0 Å². The molecule has 0 spiro atoms. The Hall–Kier alpha value is -0.0800. The van der Waals surface area contributed by atoms with Gasteiger partial charge in [0.2, 0.25) is 0 Å². The van der Waals surface area contributed by atoms with Gasteiger partial charge in [0.25, 0.3) is 0 Å². The van der Waals surface area contributed by atoms with Crippen molar-refractivity contribution in [3.05, 3.63) is 0 Å². The largest absolute Gasteiger partial charge is 0.353 e. The molecule has 0 heterocycles. The van der Waals surface area contributed by atoms with E-state index in [1.807, 2.05) is 14.2 Å². The molecular weight excluding hydrogens is 296 g/mol. The van der Waals surface area contributed by atoms with Crippen LogP contribution in [-0.2, 0) is 9.47 Å². The molecule has 1 aliphatic carbocycles. The van der Waals surface area contributed by atoms with Crippen molar-refractivity contribution in [3.8, 4) is 0 Å². The molecule has 1 unspecified atom stereocenters. The summed E-state index contributed by atoms with van der Waals surface area (Å²) in [5, 5.41) is 0. The fourth-order valence-electron chi connectivity index (χ4n) is 4.40. The minimum absolute atomic E-state index is 0.331. The third-order valence-corrected chi connectivity index (χ3v) is 6.05. The zero-order valence-corrected chi connectivity index (χ0v) is 16.9. The summed E-state index contributed by atoms with van der Waals surface area (Å²) in [5.41, 5.74) is 0. The molecule has 2 nitrogen and oxygen atoms in total. The van der Waals surface area contributed by atoms with Gasteiger partial charge in [-0.1, -0.05) is 90.4 Å². The number of hydrogen-bond acceptors (Lipinski definition) is 2. The Morgan fingerprint density at radius 3 is 1.88 bits per heavy atom. The minimum Gasteiger partial charge on any atom is -0.353 e. The molecule has 0 aliphatic heterocycles. The summed E-state index contributed by atoms with van der Waals surface area (Å²) in [7, 11) is 3.73. The van der Waals surface area contributed by atoms with E-state index < -0.39 is 0 Å². The van der Waals surface area contributed by atoms with Crippen LogP contribution in [0.1, 0.15) is 116 Å². The molecular formula is C22H44O2. The Morgan fingerprint density at radius 2 is 1.25 bits per heavy atom. The van der Waals surface area contributed by atoms with E-state index in [9.17, 15) is 0 Å². The molecule has 0 radical (unpaired) electrons. The van der Waals surface area contributed by atoms with E-state index in [2.05, 4.69) is 6.92 Å². The van der Waals surface area contributed by atoms with Crippen LogP contribution < -0.4 is 0 Å². The van der Waals surface area contributed by atoms with Crippen molar-refractivity contribution in [1.29, 1.82) is 0 Å². The highest BCUT2D eigenvalue weighted by Gasteiger charge is 2.37. The number of rotatable bonds is 9. The van der Waals surface area contributed by atoms with Gasteiger partial charge in [-0.25, -0.2) is 0 Å². The van der Waals surface area contributed by atoms with Gasteiger partial charge < -0.3 is 9.47 Å². The van der Waals surface area contributed by atoms with Gasteiger partial charge in [0.15, 0.2) is 5.79 Å². The predicted octanol–water partition coefficient (Wildman–Crippen LogP) is 7.26. The molecule has 1 atom stereocenters. The van der Waals surface area contributed by atoms with Crippen LogP contribution in [0.4, 0.5) is 0 Å². The first-order chi connectivity index (χ1) is 11.8. The van der Waals surface area contributed by atoms with Crippen LogP contribution in [0.25, 0.3) is 0 Å². The second-order valence-electron chi connectivity index (χ2n) is 7.84. The van der Waals surface area contributed by atoms with Crippen molar-refractivity contribution in [2.45, 2.75) is 122 Å². The zero-order valence-electron chi connectivity index (χ0n) is 16.9. The molecule has 0 aromatic carbocycles. The molecule has 1 fully saturated rings. The lowest BCUT2D eigenvalue weighted by Crippen LogP contribution is -2.42. The second-order valence-corrected chi connectivity index (χ2v) is 7.84. The van der Waals surface area contributed by atoms with Gasteiger partial charge >= 0.3 is 0 Å². The van der Waals surface area contributed by atoms with Crippen LogP contribution in [0.5, 0.6) is 0 Å². The summed E-state index contributed by atoms with van der Waals surface area (Å²) in [6, 6.07) is 0. The standard InChI is InChI=1S/C22H44O2/c1-4-5-6-7-12-15-18-21-19-16-13-10-8-9-11-14-17-20-22(21,23-2)24-3/h21H,4-20H2,1-3H3. The minimum atomic E-state index is -0.331. The summed E-state index contributed by atoms with van der Waals surface area (Å²) in [6.07, 6.45) is 22.8. The number of methoxy groups -OCH3 is 2. The summed E-state index contributed by atoms with van der Waals surface area (Å²) in [6.45, 7) is 2.29. The molecule has 0 aromatic rings. The van der Waals surface area contributed by atoms with Crippen LogP contribution in [-0.4, -0.2) is 20.0 Å². The van der Waals surface area contributed by atoms with Gasteiger partial charge in [-0.05, 0) is 19.3 Å². The van der Waals surface area contributed by atoms with E-state index in [0.717, 1.165) is 6.42 Å². The smallest absolute Gasteiger partial charge is 0.170 e. The topological polar surface area (TPSA) is 18.5 Å². The molecule has 0 amide bonds. The first kappa shape index (κ1) is 22.0. The average Bonchev–Trinajstić information content (AvgIpc) is 2.60. The molecule has 0 N–H and O–H groups in total. The van der Waals surface area contributed by atoms with E-state index in [0.29, 0.717) is 5.92 Å². The van der Waals surface area contributed by atoms with Crippen molar-refractivity contribution in [2.24, 2.45) is 5.92 Å². The molecule has 1 saturated carbocycles. The van der Waals surface area contributed by atoms with Crippen LogP contribution in [0.3, 0.4) is 0 Å². The number of ether oxygens (including phenoxy) is 2. The summed E-state index contributed by atoms with van der Waals surface area (Å²) in [4.78, 5) is 0. The first-order valence-corrected chi connectivity index (χ1v) is 10.9. The Morgan fingerprint density at radius 1 is 0.708 bits per heavy atom. The lowest BCUT2D eigenvalue weighted by molar-refractivity contribution is -0.247. The Kier molecular flexibility index (Phi) is 12.9. The molecule has 0 bridgehead atoms. The van der Waals surface area contributed by atoms with Crippen molar-refractivity contribution in [3.63, 3.8) is 0 Å². The van der Waals surface area contributed by atoms with Gasteiger partial charge in [-0.15, -0.1) is 0 Å². The molecule has 2 heteroatoms. The maximum Gasteiger partial charge on any atom is 0.170 e. The lowest BCUT2D eigenvalue weighted by atomic mass is 9.83. The van der Waals surface area contributed by atoms with E-state index in [4.69, 9.17) is 9.47 Å². The zero-order chi connectivity index (χ0) is 17.5. The molecule has 0 aromatic heterocycles. The maximum atomic E-state index is 6.02. The average molecular weight is 341 g/mol. The van der Waals surface area contributed by atoms with Crippen molar-refractivity contribution in [2.75, 3.05) is 14.2 Å². The summed E-state index contributed by atoms with van der Waals surface area (Å²) < 4.78 is 12.0. The van der Waals surface area contributed by atoms with Crippen LogP contribution in [0.2, 0.25) is 0 Å². The third-order valence-electron chi connectivity index (χ3n) is 6.05. The van der Waals surface area contributed by atoms with E-state index in [1.54, 1.807) is 0 Å². The predicted molar refractivity (Wildman–Crippen MR) is 104 cm³/mol. The van der Waals surface area contributed by atoms with Crippen LogP contribution in [0.15, 0.2) is 0 Å². The van der Waals surface area contributed by atoms with Crippen LogP contribution in [0, 0.1) is 5.92 Å². The molecule has 144 valence electrons. The molecule has 1 aliphatic rings. The Labute approximate surface area is 152 Å². The maximum absolute atomic E-state index is 6.02. The van der Waals surface area contributed by atoms with Gasteiger partial charge in [-0.3, -0.25) is 0 Å². The van der Waals surface area contributed by atoms with Crippen molar-refractivity contribution in [1.82, 2.24) is 0 Å². The Balaban J connectivity index is 2.55. The SMILES string of the molecule is CCCCCCCCC1CCCCCCCCCCC1(OC)OC. The highest BCUT2D eigenvalue weighted by molar-refractivity contribution is 4.80. The lowest BCUT2D eigenvalue weighted by Gasteiger charge is -2.39. The van der Waals surface area contributed by atoms with Gasteiger partial charge in [0, 0.05) is 26.6 Å². The highest BCUT2D eigenvalue weighted by atomic mass is 16.7. The Bertz CT molecular complexity index is 273. The molecule has 0 saturated heterocycles.